The lowest BCUT2D eigenvalue weighted by molar-refractivity contribution is 0.102. The van der Waals surface area contributed by atoms with Crippen LogP contribution in [0.3, 0.4) is 0 Å². The van der Waals surface area contributed by atoms with E-state index in [9.17, 15) is 4.79 Å². The molecule has 3 aromatic rings. The number of carbonyl (C=O) groups is 1. The Hall–Kier alpha value is -1.99. The molecule has 0 atom stereocenters. The lowest BCUT2D eigenvalue weighted by atomic mass is 10.2. The van der Waals surface area contributed by atoms with Crippen molar-refractivity contribution in [2.75, 3.05) is 5.75 Å². The summed E-state index contributed by atoms with van der Waals surface area (Å²) in [7, 11) is 0. The third-order valence-electron chi connectivity index (χ3n) is 2.67. The molecule has 0 aliphatic heterocycles. The Morgan fingerprint density at radius 3 is 2.81 bits per heavy atom. The van der Waals surface area contributed by atoms with Crippen LogP contribution in [0.4, 0.5) is 0 Å². The molecule has 7 heteroatoms. The average molecular weight is 317 g/mol. The van der Waals surface area contributed by atoms with Gasteiger partial charge in [0.2, 0.25) is 0 Å². The molecule has 0 bridgehead atoms. The molecular weight excluding hydrogens is 306 g/mol. The van der Waals surface area contributed by atoms with Gasteiger partial charge in [-0.25, -0.2) is 4.98 Å². The maximum atomic E-state index is 12.0. The minimum absolute atomic E-state index is 0.0323. The van der Waals surface area contributed by atoms with Gasteiger partial charge in [-0.2, -0.15) is 0 Å². The highest BCUT2D eigenvalue weighted by molar-refractivity contribution is 7.99. The van der Waals surface area contributed by atoms with Crippen molar-refractivity contribution >= 4 is 28.9 Å². The highest BCUT2D eigenvalue weighted by Crippen LogP contribution is 2.24. The number of benzene rings is 1. The predicted molar refractivity (Wildman–Crippen MR) is 81.6 cm³/mol. The third-order valence-corrected chi connectivity index (χ3v) is 4.26. The molecule has 0 amide bonds. The zero-order valence-corrected chi connectivity index (χ0v) is 12.8. The molecular formula is C14H11N3O2S2. The van der Waals surface area contributed by atoms with Crippen LogP contribution in [0, 0.1) is 6.92 Å². The minimum atomic E-state index is 0.0323. The number of hydrogen-bond acceptors (Lipinski definition) is 7. The summed E-state index contributed by atoms with van der Waals surface area (Å²) in [6.07, 6.45) is 0. The molecule has 21 heavy (non-hydrogen) atoms. The Morgan fingerprint density at radius 2 is 2.10 bits per heavy atom. The second kappa shape index (κ2) is 6.19. The number of aryl methyl sites for hydroxylation is 1. The number of aromatic nitrogens is 3. The molecule has 0 N–H and O–H groups in total. The van der Waals surface area contributed by atoms with Crippen molar-refractivity contribution in [2.24, 2.45) is 0 Å². The van der Waals surface area contributed by atoms with Gasteiger partial charge in [0, 0.05) is 10.9 Å². The number of nitrogens with zero attached hydrogens (tertiary/aromatic N) is 3. The molecule has 3 rings (SSSR count). The molecule has 0 fully saturated rings. The van der Waals surface area contributed by atoms with Crippen LogP contribution < -0.4 is 0 Å². The van der Waals surface area contributed by atoms with E-state index in [4.69, 9.17) is 4.42 Å². The molecule has 0 aliphatic rings. The van der Waals surface area contributed by atoms with Gasteiger partial charge in [0.15, 0.2) is 5.78 Å². The molecule has 0 spiro atoms. The number of hydrogen-bond donors (Lipinski definition) is 0. The fourth-order valence-electron chi connectivity index (χ4n) is 1.67. The normalized spacial score (nSPS) is 10.7. The van der Waals surface area contributed by atoms with Crippen LogP contribution in [0.5, 0.6) is 0 Å². The Kier molecular flexibility index (Phi) is 4.12. The van der Waals surface area contributed by atoms with Crippen LogP contribution in [0.2, 0.25) is 0 Å². The van der Waals surface area contributed by atoms with Crippen molar-refractivity contribution in [3.8, 4) is 11.6 Å². The molecule has 2 heterocycles. The first-order valence-electron chi connectivity index (χ1n) is 6.19. The topological polar surface area (TPSA) is 68.9 Å². The molecule has 5 nitrogen and oxygen atoms in total. The Bertz CT molecular complexity index is 752. The third kappa shape index (κ3) is 3.37. The average Bonchev–Trinajstić information content (AvgIpc) is 3.14. The van der Waals surface area contributed by atoms with Crippen LogP contribution in [0.25, 0.3) is 11.6 Å². The first kappa shape index (κ1) is 14.0. The van der Waals surface area contributed by atoms with Gasteiger partial charge in [0.25, 0.3) is 11.1 Å². The molecule has 1 aromatic carbocycles. The van der Waals surface area contributed by atoms with E-state index in [1.807, 2.05) is 30.5 Å². The molecule has 0 aliphatic carbocycles. The van der Waals surface area contributed by atoms with Gasteiger partial charge in [0.1, 0.15) is 5.69 Å². The fourth-order valence-corrected chi connectivity index (χ4v) is 2.91. The van der Waals surface area contributed by atoms with Gasteiger partial charge in [-0.1, -0.05) is 42.1 Å². The van der Waals surface area contributed by atoms with Crippen molar-refractivity contribution in [3.05, 3.63) is 46.3 Å². The van der Waals surface area contributed by atoms with Crippen molar-refractivity contribution in [3.63, 3.8) is 0 Å². The number of Topliss-reactive ketones (excluding diaryl/α,β-unsaturated/α-hetero) is 1. The fraction of sp³-hybridized carbons (Fsp3) is 0.143. The van der Waals surface area contributed by atoms with Crippen molar-refractivity contribution in [1.82, 2.24) is 15.2 Å². The number of thiazole rings is 1. The molecule has 0 radical (unpaired) electrons. The standard InChI is InChI=1S/C14H11N3O2S2/c1-9-15-11(7-20-9)13-16-17-14(19-13)21-8-12(18)10-5-3-2-4-6-10/h2-7H,8H2,1H3. The first-order valence-corrected chi connectivity index (χ1v) is 8.06. The summed E-state index contributed by atoms with van der Waals surface area (Å²) < 4.78 is 5.50. The van der Waals surface area contributed by atoms with E-state index in [1.54, 1.807) is 12.1 Å². The van der Waals surface area contributed by atoms with E-state index >= 15 is 0 Å². The summed E-state index contributed by atoms with van der Waals surface area (Å²) >= 11 is 2.76. The lowest BCUT2D eigenvalue weighted by Crippen LogP contribution is -2.01. The van der Waals surface area contributed by atoms with Crippen LogP contribution in [0.15, 0.2) is 45.4 Å². The zero-order chi connectivity index (χ0) is 14.7. The number of carbonyl (C=O) groups excluding carboxylic acids is 1. The maximum Gasteiger partial charge on any atom is 0.277 e. The lowest BCUT2D eigenvalue weighted by Gasteiger charge is -1.97. The summed E-state index contributed by atoms with van der Waals surface area (Å²) in [5.41, 5.74) is 1.35. The van der Waals surface area contributed by atoms with Gasteiger partial charge in [-0.15, -0.1) is 21.5 Å². The minimum Gasteiger partial charge on any atom is -0.410 e. The van der Waals surface area contributed by atoms with Gasteiger partial charge < -0.3 is 4.42 Å². The van der Waals surface area contributed by atoms with Gasteiger partial charge in [0.05, 0.1) is 10.8 Å². The Labute approximate surface area is 129 Å². The Morgan fingerprint density at radius 1 is 1.29 bits per heavy atom. The SMILES string of the molecule is Cc1nc(-c2nnc(SCC(=O)c3ccccc3)o2)cs1. The predicted octanol–water partition coefficient (Wildman–Crippen LogP) is 3.48. The van der Waals surface area contributed by atoms with E-state index < -0.39 is 0 Å². The van der Waals surface area contributed by atoms with Gasteiger partial charge >= 0.3 is 0 Å². The summed E-state index contributed by atoms with van der Waals surface area (Å²) in [4.78, 5) is 16.3. The van der Waals surface area contributed by atoms with E-state index in [1.165, 1.54) is 23.1 Å². The molecule has 2 aromatic heterocycles. The molecule has 0 saturated carbocycles. The molecule has 106 valence electrons. The van der Waals surface area contributed by atoms with Gasteiger partial charge in [-0.3, -0.25) is 4.79 Å². The largest absolute Gasteiger partial charge is 0.410 e. The quantitative estimate of drug-likeness (QED) is 0.530. The monoisotopic (exact) mass is 317 g/mol. The van der Waals surface area contributed by atoms with E-state index in [-0.39, 0.29) is 11.5 Å². The summed E-state index contributed by atoms with van der Waals surface area (Å²) in [5, 5.41) is 11.1. The van der Waals surface area contributed by atoms with Crippen LogP contribution >= 0.6 is 23.1 Å². The zero-order valence-electron chi connectivity index (χ0n) is 11.1. The maximum absolute atomic E-state index is 12.0. The summed E-state index contributed by atoms with van der Waals surface area (Å²) in [5.74, 6) is 0.681. The first-order chi connectivity index (χ1) is 10.2. The van der Waals surface area contributed by atoms with Crippen molar-refractivity contribution in [2.45, 2.75) is 12.1 Å². The van der Waals surface area contributed by atoms with Gasteiger partial charge in [-0.05, 0) is 6.92 Å². The highest BCUT2D eigenvalue weighted by Gasteiger charge is 2.13. The van der Waals surface area contributed by atoms with Crippen LogP contribution in [-0.2, 0) is 0 Å². The second-order valence-electron chi connectivity index (χ2n) is 4.20. The van der Waals surface area contributed by atoms with Crippen LogP contribution in [-0.4, -0.2) is 26.7 Å². The second-order valence-corrected chi connectivity index (χ2v) is 6.19. The number of rotatable bonds is 5. The Balaban J connectivity index is 1.64. The molecule has 0 unspecified atom stereocenters. The highest BCUT2D eigenvalue weighted by atomic mass is 32.2. The number of ketones is 1. The smallest absolute Gasteiger partial charge is 0.277 e. The van der Waals surface area contributed by atoms with E-state index in [0.717, 1.165) is 5.01 Å². The van der Waals surface area contributed by atoms with E-state index in [2.05, 4.69) is 15.2 Å². The summed E-state index contributed by atoms with van der Waals surface area (Å²) in [6.45, 7) is 1.92. The molecule has 0 saturated heterocycles. The van der Waals surface area contributed by atoms with Crippen LogP contribution in [0.1, 0.15) is 15.4 Å². The summed E-state index contributed by atoms with van der Waals surface area (Å²) in [6, 6.07) is 9.14. The van der Waals surface area contributed by atoms with Crippen molar-refractivity contribution < 1.29 is 9.21 Å². The van der Waals surface area contributed by atoms with E-state index in [0.29, 0.717) is 22.4 Å². The number of thioether (sulfide) groups is 1. The van der Waals surface area contributed by atoms with Crippen molar-refractivity contribution in [1.29, 1.82) is 0 Å².